The molecule has 32 heavy (non-hydrogen) atoms. The van der Waals surface area contributed by atoms with Gasteiger partial charge in [0.25, 0.3) is 5.56 Å². The number of aromatic nitrogens is 2. The second kappa shape index (κ2) is 9.35. The summed E-state index contributed by atoms with van der Waals surface area (Å²) in [6, 6.07) is 13.4. The number of halogens is 1. The van der Waals surface area contributed by atoms with Gasteiger partial charge in [-0.1, -0.05) is 43.0 Å². The molecular formula is C23H21FN4O3S. The molecule has 164 valence electrons. The zero-order valence-electron chi connectivity index (χ0n) is 17.3. The van der Waals surface area contributed by atoms with Gasteiger partial charge in [-0.3, -0.25) is 14.4 Å². The van der Waals surface area contributed by atoms with Gasteiger partial charge in [-0.05, 0) is 41.8 Å². The Morgan fingerprint density at radius 1 is 1.12 bits per heavy atom. The molecule has 1 aliphatic heterocycles. The van der Waals surface area contributed by atoms with Gasteiger partial charge >= 0.3 is 0 Å². The van der Waals surface area contributed by atoms with Crippen molar-refractivity contribution in [3.8, 4) is 0 Å². The molecule has 7 nitrogen and oxygen atoms in total. The number of fused-ring (bicyclic) bond motifs is 1. The van der Waals surface area contributed by atoms with Gasteiger partial charge < -0.3 is 15.6 Å². The number of thioether (sulfide) groups is 1. The van der Waals surface area contributed by atoms with Crippen molar-refractivity contribution < 1.29 is 14.0 Å². The summed E-state index contributed by atoms with van der Waals surface area (Å²) < 4.78 is 13.1. The third-order valence-electron chi connectivity index (χ3n) is 5.16. The lowest BCUT2D eigenvalue weighted by atomic mass is 9.92. The summed E-state index contributed by atoms with van der Waals surface area (Å²) in [6.07, 6.45) is 0.742. The molecule has 0 fully saturated rings. The normalized spacial score (nSPS) is 15.1. The number of anilines is 2. The molecular weight excluding hydrogens is 431 g/mol. The minimum absolute atomic E-state index is 0.0908. The molecule has 9 heteroatoms. The van der Waals surface area contributed by atoms with Crippen LogP contribution in [0.2, 0.25) is 0 Å². The molecule has 0 unspecified atom stereocenters. The van der Waals surface area contributed by atoms with Gasteiger partial charge in [0.2, 0.25) is 11.8 Å². The van der Waals surface area contributed by atoms with Gasteiger partial charge in [0.15, 0.2) is 5.16 Å². The fourth-order valence-electron chi connectivity index (χ4n) is 3.43. The van der Waals surface area contributed by atoms with Crippen LogP contribution in [0.3, 0.4) is 0 Å². The van der Waals surface area contributed by atoms with E-state index in [-0.39, 0.29) is 29.5 Å². The Labute approximate surface area is 187 Å². The average Bonchev–Trinajstić information content (AvgIpc) is 2.78. The van der Waals surface area contributed by atoms with Crippen molar-refractivity contribution in [3.63, 3.8) is 0 Å². The molecule has 3 aromatic rings. The van der Waals surface area contributed by atoms with Crippen molar-refractivity contribution >= 4 is 35.1 Å². The number of amides is 2. The lowest BCUT2D eigenvalue weighted by molar-refractivity contribution is -0.123. The maximum Gasteiger partial charge on any atom is 0.257 e. The number of carbonyl (C=O) groups is 2. The van der Waals surface area contributed by atoms with Crippen LogP contribution in [-0.4, -0.2) is 21.8 Å². The van der Waals surface area contributed by atoms with Crippen LogP contribution in [0.1, 0.15) is 36.0 Å². The lowest BCUT2D eigenvalue weighted by Gasteiger charge is -2.23. The first-order valence-electron chi connectivity index (χ1n) is 10.1. The largest absolute Gasteiger partial charge is 0.326 e. The molecule has 2 aromatic carbocycles. The maximum absolute atomic E-state index is 13.1. The van der Waals surface area contributed by atoms with E-state index in [0.29, 0.717) is 16.6 Å². The number of aromatic amines is 1. The van der Waals surface area contributed by atoms with Crippen LogP contribution in [-0.2, 0) is 21.8 Å². The third-order valence-corrected chi connectivity index (χ3v) is 6.11. The molecule has 1 aliphatic rings. The first-order valence-corrected chi connectivity index (χ1v) is 11.1. The quantitative estimate of drug-likeness (QED) is 0.390. The van der Waals surface area contributed by atoms with E-state index < -0.39 is 17.4 Å². The van der Waals surface area contributed by atoms with E-state index in [9.17, 15) is 18.8 Å². The molecule has 0 saturated heterocycles. The van der Waals surface area contributed by atoms with Gasteiger partial charge in [0.05, 0.1) is 11.5 Å². The fraction of sp³-hybridized carbons (Fsp3) is 0.217. The van der Waals surface area contributed by atoms with Crippen LogP contribution < -0.4 is 16.2 Å². The number of hydrogen-bond donors (Lipinski definition) is 3. The van der Waals surface area contributed by atoms with Crippen LogP contribution in [0, 0.1) is 5.82 Å². The van der Waals surface area contributed by atoms with Crippen molar-refractivity contribution in [1.82, 2.24) is 9.97 Å². The summed E-state index contributed by atoms with van der Waals surface area (Å²) in [5.74, 6) is -1.55. The van der Waals surface area contributed by atoms with Crippen LogP contribution in [0.25, 0.3) is 0 Å². The number of rotatable bonds is 6. The smallest absolute Gasteiger partial charge is 0.257 e. The molecule has 0 radical (unpaired) electrons. The number of nitrogens with one attached hydrogen (secondary N) is 3. The summed E-state index contributed by atoms with van der Waals surface area (Å²) in [5, 5.41) is 5.68. The number of hydrogen-bond acceptors (Lipinski definition) is 5. The number of carbonyl (C=O) groups excluding carboxylic acids is 2. The second-order valence-corrected chi connectivity index (χ2v) is 8.36. The van der Waals surface area contributed by atoms with Crippen molar-refractivity contribution in [2.45, 2.75) is 36.6 Å². The molecule has 0 saturated carbocycles. The third kappa shape index (κ3) is 4.88. The van der Waals surface area contributed by atoms with Crippen LogP contribution >= 0.6 is 11.8 Å². The summed E-state index contributed by atoms with van der Waals surface area (Å²) >= 11 is 1.24. The number of nitrogens with zero attached hydrogens (tertiary/aromatic N) is 1. The highest BCUT2D eigenvalue weighted by Gasteiger charge is 2.34. The van der Waals surface area contributed by atoms with E-state index >= 15 is 0 Å². The fourth-order valence-corrected chi connectivity index (χ4v) is 4.24. The average molecular weight is 453 g/mol. The molecule has 0 bridgehead atoms. The molecule has 2 heterocycles. The van der Waals surface area contributed by atoms with E-state index in [1.54, 1.807) is 24.3 Å². The molecule has 2 amide bonds. The highest BCUT2D eigenvalue weighted by atomic mass is 32.2. The Hall–Kier alpha value is -3.46. The molecule has 3 N–H and O–H groups in total. The van der Waals surface area contributed by atoms with E-state index in [1.807, 2.05) is 19.1 Å². The van der Waals surface area contributed by atoms with Gasteiger partial charge in [0, 0.05) is 17.9 Å². The summed E-state index contributed by atoms with van der Waals surface area (Å²) in [7, 11) is 0. The van der Waals surface area contributed by atoms with Crippen LogP contribution in [0.15, 0.2) is 58.5 Å². The minimum atomic E-state index is -0.947. The van der Waals surface area contributed by atoms with Gasteiger partial charge in [-0.2, -0.15) is 0 Å². The summed E-state index contributed by atoms with van der Waals surface area (Å²) in [6.45, 7) is 2.04. The Kier molecular flexibility index (Phi) is 6.36. The van der Waals surface area contributed by atoms with Crippen molar-refractivity contribution in [2.24, 2.45) is 0 Å². The van der Waals surface area contributed by atoms with Crippen LogP contribution in [0.5, 0.6) is 0 Å². The minimum Gasteiger partial charge on any atom is -0.326 e. The van der Waals surface area contributed by atoms with Crippen LogP contribution in [0.4, 0.5) is 15.9 Å². The lowest BCUT2D eigenvalue weighted by Crippen LogP contribution is -2.36. The Bertz CT molecular complexity index is 1210. The monoisotopic (exact) mass is 452 g/mol. The predicted molar refractivity (Wildman–Crippen MR) is 121 cm³/mol. The molecule has 0 spiro atoms. The molecule has 1 atom stereocenters. The molecule has 1 aromatic heterocycles. The van der Waals surface area contributed by atoms with E-state index in [2.05, 4.69) is 20.6 Å². The van der Waals surface area contributed by atoms with Crippen molar-refractivity contribution in [1.29, 1.82) is 0 Å². The molecule has 4 rings (SSSR count). The zero-order chi connectivity index (χ0) is 22.7. The highest BCUT2D eigenvalue weighted by Crippen LogP contribution is 2.31. The molecule has 0 aliphatic carbocycles. The van der Waals surface area contributed by atoms with Gasteiger partial charge in [-0.25, -0.2) is 9.37 Å². The van der Waals surface area contributed by atoms with Gasteiger partial charge in [-0.15, -0.1) is 0 Å². The zero-order valence-corrected chi connectivity index (χ0v) is 18.1. The summed E-state index contributed by atoms with van der Waals surface area (Å²) in [5.41, 5.74) is 2.25. The van der Waals surface area contributed by atoms with E-state index in [4.69, 9.17) is 0 Å². The Morgan fingerprint density at radius 2 is 1.81 bits per heavy atom. The van der Waals surface area contributed by atoms with Crippen molar-refractivity contribution in [3.05, 3.63) is 81.4 Å². The Morgan fingerprint density at radius 3 is 2.50 bits per heavy atom. The van der Waals surface area contributed by atoms with Crippen molar-refractivity contribution in [2.75, 3.05) is 10.6 Å². The predicted octanol–water partition coefficient (Wildman–Crippen LogP) is 3.83. The number of H-pyrrole nitrogens is 1. The van der Waals surface area contributed by atoms with Gasteiger partial charge in [0.1, 0.15) is 11.6 Å². The first kappa shape index (κ1) is 21.8. The van der Waals surface area contributed by atoms with E-state index in [0.717, 1.165) is 17.5 Å². The standard InChI is InChI=1S/C23H21FN4O3S/c1-2-13-5-9-16(10-6-13)25-21(30)17-11-18(29)26-20-19(17)22(31)28-23(27-20)32-12-14-3-7-15(24)8-4-14/h3-10,17H,2,11-12H2,1H3,(H,25,30)(H2,26,27,28,29,31)/t17-/m1/s1. The van der Waals surface area contributed by atoms with E-state index in [1.165, 1.54) is 23.9 Å². The number of benzene rings is 2. The SMILES string of the molecule is CCc1ccc(NC(=O)[C@@H]2CC(=O)Nc3nc(SCc4ccc(F)cc4)[nH]c(=O)c32)cc1. The first-order chi connectivity index (χ1) is 15.4. The highest BCUT2D eigenvalue weighted by molar-refractivity contribution is 7.98. The Balaban J connectivity index is 1.54. The second-order valence-electron chi connectivity index (χ2n) is 7.39. The maximum atomic E-state index is 13.1. The number of aryl methyl sites for hydroxylation is 1. The topological polar surface area (TPSA) is 104 Å². The summed E-state index contributed by atoms with van der Waals surface area (Å²) in [4.78, 5) is 45.0.